The topological polar surface area (TPSA) is 90.0 Å². The van der Waals surface area contributed by atoms with Gasteiger partial charge in [0, 0.05) is 6.54 Å². The van der Waals surface area contributed by atoms with Crippen LogP contribution in [-0.2, 0) is 17.8 Å². The molecule has 3 N–H and O–H groups in total. The highest BCUT2D eigenvalue weighted by molar-refractivity contribution is 7.13. The lowest BCUT2D eigenvalue weighted by Gasteiger charge is -2.09. The summed E-state index contributed by atoms with van der Waals surface area (Å²) in [4.78, 5) is 25.1. The quantitative estimate of drug-likeness (QED) is 0.693. The summed E-state index contributed by atoms with van der Waals surface area (Å²) < 4.78 is 13.9. The smallest absolute Gasteiger partial charge is 0.290 e. The minimum absolute atomic E-state index is 0.0440. The number of amides is 1. The fraction of sp³-hybridized carbons (Fsp3) is 0.167. The Balaban J connectivity index is 1.63. The number of hydrogen-bond acceptors (Lipinski definition) is 5. The van der Waals surface area contributed by atoms with E-state index in [-0.39, 0.29) is 24.0 Å². The van der Waals surface area contributed by atoms with E-state index in [9.17, 15) is 14.0 Å². The number of thiophene rings is 1. The Morgan fingerprint density at radius 2 is 2.04 bits per heavy atom. The van der Waals surface area contributed by atoms with Crippen molar-refractivity contribution >= 4 is 22.9 Å². The summed E-state index contributed by atoms with van der Waals surface area (Å²) in [5, 5.41) is 8.84. The number of carbonyl (C=O) groups is 1. The molecule has 3 rings (SSSR count). The SMILES string of the molecule is Nc1cc(-c2cccs2)nn(CC(=O)NCCc2ccc(F)cc2)c1=O. The lowest BCUT2D eigenvalue weighted by Crippen LogP contribution is -2.35. The number of rotatable bonds is 6. The number of aromatic nitrogens is 2. The minimum Gasteiger partial charge on any atom is -0.394 e. The van der Waals surface area contributed by atoms with Crippen LogP contribution >= 0.6 is 11.3 Å². The molecule has 26 heavy (non-hydrogen) atoms. The summed E-state index contributed by atoms with van der Waals surface area (Å²) >= 11 is 1.47. The molecule has 8 heteroatoms. The largest absolute Gasteiger partial charge is 0.394 e. The van der Waals surface area contributed by atoms with E-state index in [4.69, 9.17) is 5.73 Å². The average Bonchev–Trinajstić information content (AvgIpc) is 3.15. The van der Waals surface area contributed by atoms with Crippen LogP contribution in [0.4, 0.5) is 10.1 Å². The molecule has 134 valence electrons. The molecule has 1 amide bonds. The van der Waals surface area contributed by atoms with Crippen molar-refractivity contribution in [2.24, 2.45) is 0 Å². The van der Waals surface area contributed by atoms with Gasteiger partial charge in [0.05, 0.1) is 4.88 Å². The highest BCUT2D eigenvalue weighted by Crippen LogP contribution is 2.22. The van der Waals surface area contributed by atoms with E-state index in [0.717, 1.165) is 15.1 Å². The van der Waals surface area contributed by atoms with Gasteiger partial charge in [0.2, 0.25) is 5.91 Å². The lowest BCUT2D eigenvalue weighted by molar-refractivity contribution is -0.121. The van der Waals surface area contributed by atoms with Crippen LogP contribution < -0.4 is 16.6 Å². The summed E-state index contributed by atoms with van der Waals surface area (Å²) in [6, 6.07) is 11.3. The molecule has 2 heterocycles. The Kier molecular flexibility index (Phi) is 5.43. The van der Waals surface area contributed by atoms with Gasteiger partial charge in [-0.15, -0.1) is 11.3 Å². The maximum absolute atomic E-state index is 12.9. The number of nitrogens with one attached hydrogen (secondary N) is 1. The van der Waals surface area contributed by atoms with Crippen LogP contribution in [0.1, 0.15) is 5.56 Å². The second-order valence-electron chi connectivity index (χ2n) is 5.65. The predicted octanol–water partition coefficient (Wildman–Crippen LogP) is 2.05. The standard InChI is InChI=1S/C18H17FN4O2S/c19-13-5-3-12(4-6-13)7-8-21-17(24)11-23-18(25)14(20)10-15(22-23)16-2-1-9-26-16/h1-6,9-10H,7-8,11,20H2,(H,21,24). The predicted molar refractivity (Wildman–Crippen MR) is 99.3 cm³/mol. The maximum Gasteiger partial charge on any atom is 0.290 e. The molecule has 0 aliphatic heterocycles. The zero-order valence-electron chi connectivity index (χ0n) is 13.8. The monoisotopic (exact) mass is 372 g/mol. The molecule has 1 aromatic carbocycles. The third-order valence-electron chi connectivity index (χ3n) is 3.72. The fourth-order valence-electron chi connectivity index (χ4n) is 2.40. The molecule has 0 atom stereocenters. The first-order chi connectivity index (χ1) is 12.5. The van der Waals surface area contributed by atoms with E-state index in [2.05, 4.69) is 10.4 Å². The number of nitrogen functional groups attached to an aromatic ring is 1. The van der Waals surface area contributed by atoms with E-state index >= 15 is 0 Å². The van der Waals surface area contributed by atoms with Gasteiger partial charge in [-0.05, 0) is 41.6 Å². The molecule has 0 saturated heterocycles. The molecule has 3 aromatic rings. The van der Waals surface area contributed by atoms with Crippen molar-refractivity contribution < 1.29 is 9.18 Å². The number of hydrogen-bond donors (Lipinski definition) is 2. The molecule has 0 bridgehead atoms. The Morgan fingerprint density at radius 3 is 2.73 bits per heavy atom. The average molecular weight is 372 g/mol. The van der Waals surface area contributed by atoms with Gasteiger partial charge >= 0.3 is 0 Å². The Hall–Kier alpha value is -3.00. The number of carbonyl (C=O) groups excluding carboxylic acids is 1. The molecular weight excluding hydrogens is 355 g/mol. The molecule has 2 aromatic heterocycles. The van der Waals surface area contributed by atoms with Crippen LogP contribution in [0.5, 0.6) is 0 Å². The summed E-state index contributed by atoms with van der Waals surface area (Å²) in [6.45, 7) is 0.158. The molecule has 0 fully saturated rings. The second-order valence-corrected chi connectivity index (χ2v) is 6.60. The third-order valence-corrected chi connectivity index (χ3v) is 4.61. The summed E-state index contributed by atoms with van der Waals surface area (Å²) in [7, 11) is 0. The molecule has 0 aliphatic rings. The number of nitrogens with zero attached hydrogens (tertiary/aromatic N) is 2. The van der Waals surface area contributed by atoms with Crippen molar-refractivity contribution in [2.45, 2.75) is 13.0 Å². The Morgan fingerprint density at radius 1 is 1.27 bits per heavy atom. The molecule has 6 nitrogen and oxygen atoms in total. The first-order valence-electron chi connectivity index (χ1n) is 7.95. The molecule has 0 radical (unpaired) electrons. The van der Waals surface area contributed by atoms with Crippen LogP contribution in [0.2, 0.25) is 0 Å². The lowest BCUT2D eigenvalue weighted by atomic mass is 10.1. The number of halogens is 1. The molecule has 0 spiro atoms. The van der Waals surface area contributed by atoms with Crippen LogP contribution in [0.15, 0.2) is 52.6 Å². The van der Waals surface area contributed by atoms with Gasteiger partial charge in [0.25, 0.3) is 5.56 Å². The normalized spacial score (nSPS) is 10.7. The van der Waals surface area contributed by atoms with Crippen LogP contribution in [0.3, 0.4) is 0 Å². The molecular formula is C18H17FN4O2S. The summed E-state index contributed by atoms with van der Waals surface area (Å²) in [5.41, 5.74) is 6.76. The second kappa shape index (κ2) is 7.92. The van der Waals surface area contributed by atoms with E-state index in [0.29, 0.717) is 18.7 Å². The van der Waals surface area contributed by atoms with Gasteiger partial charge in [-0.2, -0.15) is 5.10 Å². The third kappa shape index (κ3) is 4.34. The zero-order valence-corrected chi connectivity index (χ0v) is 14.6. The number of anilines is 1. The van der Waals surface area contributed by atoms with Crippen LogP contribution in [0, 0.1) is 5.82 Å². The summed E-state index contributed by atoms with van der Waals surface area (Å²) in [5.74, 6) is -0.643. The van der Waals surface area contributed by atoms with E-state index in [1.807, 2.05) is 17.5 Å². The van der Waals surface area contributed by atoms with Crippen molar-refractivity contribution in [2.75, 3.05) is 12.3 Å². The van der Waals surface area contributed by atoms with Crippen LogP contribution in [-0.4, -0.2) is 22.2 Å². The first kappa shape index (κ1) is 17.8. The Labute approximate surface area is 153 Å². The van der Waals surface area contributed by atoms with Gasteiger partial charge in [-0.3, -0.25) is 9.59 Å². The zero-order chi connectivity index (χ0) is 18.5. The van der Waals surface area contributed by atoms with Gasteiger partial charge < -0.3 is 11.1 Å². The molecule has 0 saturated carbocycles. The summed E-state index contributed by atoms with van der Waals surface area (Å²) in [6.07, 6.45) is 0.561. The van der Waals surface area contributed by atoms with Crippen molar-refractivity contribution in [3.05, 3.63) is 69.6 Å². The highest BCUT2D eigenvalue weighted by atomic mass is 32.1. The first-order valence-corrected chi connectivity index (χ1v) is 8.83. The number of benzene rings is 1. The number of nitrogens with two attached hydrogens (primary N) is 1. The van der Waals surface area contributed by atoms with E-state index in [1.165, 1.54) is 29.5 Å². The van der Waals surface area contributed by atoms with Crippen molar-refractivity contribution in [3.8, 4) is 10.6 Å². The Bertz CT molecular complexity index is 952. The molecule has 0 aliphatic carbocycles. The van der Waals surface area contributed by atoms with E-state index < -0.39 is 5.56 Å². The van der Waals surface area contributed by atoms with Crippen molar-refractivity contribution in [3.63, 3.8) is 0 Å². The van der Waals surface area contributed by atoms with Gasteiger partial charge in [0.15, 0.2) is 0 Å². The fourth-order valence-corrected chi connectivity index (χ4v) is 3.08. The van der Waals surface area contributed by atoms with Gasteiger partial charge in [0.1, 0.15) is 23.7 Å². The van der Waals surface area contributed by atoms with Crippen molar-refractivity contribution in [1.82, 2.24) is 15.1 Å². The van der Waals surface area contributed by atoms with Gasteiger partial charge in [-0.25, -0.2) is 9.07 Å². The van der Waals surface area contributed by atoms with Crippen LogP contribution in [0.25, 0.3) is 10.6 Å². The maximum atomic E-state index is 12.9. The molecule has 0 unspecified atom stereocenters. The highest BCUT2D eigenvalue weighted by Gasteiger charge is 2.11. The van der Waals surface area contributed by atoms with Gasteiger partial charge in [-0.1, -0.05) is 18.2 Å². The van der Waals surface area contributed by atoms with E-state index in [1.54, 1.807) is 12.1 Å². The minimum atomic E-state index is -0.501. The van der Waals surface area contributed by atoms with Crippen molar-refractivity contribution in [1.29, 1.82) is 0 Å².